The highest BCUT2D eigenvalue weighted by Crippen LogP contribution is 2.42. The van der Waals surface area contributed by atoms with E-state index in [1.54, 1.807) is 0 Å². The van der Waals surface area contributed by atoms with Crippen molar-refractivity contribution in [3.05, 3.63) is 0 Å². The summed E-state index contributed by atoms with van der Waals surface area (Å²) in [5.74, 6) is -1.97. The second-order valence-corrected chi connectivity index (χ2v) is 7.45. The molecule has 0 unspecified atom stereocenters. The lowest BCUT2D eigenvalue weighted by molar-refractivity contribution is -0.144. The van der Waals surface area contributed by atoms with E-state index in [-0.39, 0.29) is 0 Å². The third-order valence-electron chi connectivity index (χ3n) is 2.01. The van der Waals surface area contributed by atoms with E-state index in [2.05, 4.69) is 0 Å². The first kappa shape index (κ1) is 17.7. The van der Waals surface area contributed by atoms with Gasteiger partial charge in [-0.15, -0.1) is 0 Å². The fraction of sp³-hybridized carbons (Fsp3) is 0.857. The van der Waals surface area contributed by atoms with Crippen LogP contribution >= 0.6 is 15.2 Å². The van der Waals surface area contributed by atoms with Gasteiger partial charge in [-0.1, -0.05) is 13.8 Å². The zero-order valence-corrected chi connectivity index (χ0v) is 11.7. The number of hydrogen-bond acceptors (Lipinski definition) is 4. The highest BCUT2D eigenvalue weighted by molar-refractivity contribution is 7.52. The van der Waals surface area contributed by atoms with Gasteiger partial charge in [-0.2, -0.15) is 0 Å². The maximum absolute atomic E-state index is 11.0. The van der Waals surface area contributed by atoms with Crippen molar-refractivity contribution < 1.29 is 38.6 Å². The summed E-state index contributed by atoms with van der Waals surface area (Å²) in [6, 6.07) is -1.38. The van der Waals surface area contributed by atoms with Crippen molar-refractivity contribution in [2.45, 2.75) is 19.9 Å². The minimum atomic E-state index is -4.62. The maximum atomic E-state index is 11.0. The Morgan fingerprint density at radius 1 is 1.06 bits per heavy atom. The van der Waals surface area contributed by atoms with Crippen LogP contribution in [0.15, 0.2) is 0 Å². The van der Waals surface area contributed by atoms with Crippen LogP contribution in [0, 0.1) is 5.92 Å². The third-order valence-corrected chi connectivity index (χ3v) is 3.47. The summed E-state index contributed by atoms with van der Waals surface area (Å²) in [4.78, 5) is 46.9. The molecule has 0 radical (unpaired) electrons. The van der Waals surface area contributed by atoms with Crippen molar-refractivity contribution in [2.24, 2.45) is 5.92 Å². The average Bonchev–Trinajstić information content (AvgIpc) is 1.93. The molecule has 0 saturated heterocycles. The first-order valence-electron chi connectivity index (χ1n) is 4.89. The van der Waals surface area contributed by atoms with Crippen molar-refractivity contribution in [3.63, 3.8) is 0 Å². The second-order valence-electron chi connectivity index (χ2n) is 4.23. The molecule has 0 aromatic heterocycles. The summed E-state index contributed by atoms with van der Waals surface area (Å²) in [5.41, 5.74) is 0. The number of aliphatic carboxylic acids is 1. The van der Waals surface area contributed by atoms with E-state index in [1.807, 2.05) is 0 Å². The lowest BCUT2D eigenvalue weighted by Crippen LogP contribution is -2.45. The van der Waals surface area contributed by atoms with Crippen LogP contribution in [0.3, 0.4) is 0 Å². The van der Waals surface area contributed by atoms with Gasteiger partial charge in [0.2, 0.25) is 0 Å². The van der Waals surface area contributed by atoms with Gasteiger partial charge in [0.1, 0.15) is 18.6 Å². The van der Waals surface area contributed by atoms with E-state index in [9.17, 15) is 13.9 Å². The van der Waals surface area contributed by atoms with Gasteiger partial charge < -0.3 is 24.7 Å². The van der Waals surface area contributed by atoms with E-state index in [1.165, 1.54) is 13.8 Å². The Bertz CT molecular complexity index is 361. The van der Waals surface area contributed by atoms with Crippen molar-refractivity contribution in [2.75, 3.05) is 12.6 Å². The van der Waals surface area contributed by atoms with E-state index in [4.69, 9.17) is 24.7 Å². The zero-order valence-electron chi connectivity index (χ0n) is 9.87. The minimum absolute atomic E-state index is 0.569. The SMILES string of the molecule is CC(C)[C@@H](C(=O)O)N(CP(=O)(O)O)CP(=O)(O)O. The van der Waals surface area contributed by atoms with Crippen LogP contribution in [0.5, 0.6) is 0 Å². The molecule has 0 aliphatic heterocycles. The quantitative estimate of drug-likeness (QED) is 0.397. The number of carboxylic acids is 1. The summed E-state index contributed by atoms with van der Waals surface area (Å²) in [6.07, 6.45) is -2.04. The molecule has 0 aromatic carbocycles. The van der Waals surface area contributed by atoms with Crippen LogP contribution in [0.2, 0.25) is 0 Å². The summed E-state index contributed by atoms with van der Waals surface area (Å²) >= 11 is 0. The van der Waals surface area contributed by atoms with Gasteiger partial charge >= 0.3 is 21.2 Å². The van der Waals surface area contributed by atoms with Crippen LogP contribution in [0.1, 0.15) is 13.8 Å². The number of carboxylic acid groups (broad SMARTS) is 1. The van der Waals surface area contributed by atoms with Gasteiger partial charge in [0, 0.05) is 0 Å². The smallest absolute Gasteiger partial charge is 0.339 e. The number of nitrogens with zero attached hydrogens (tertiary/aromatic N) is 1. The summed E-state index contributed by atoms with van der Waals surface area (Å²) < 4.78 is 21.8. The Morgan fingerprint density at radius 2 is 1.39 bits per heavy atom. The topological polar surface area (TPSA) is 156 Å². The minimum Gasteiger partial charge on any atom is -0.480 e. The second kappa shape index (κ2) is 6.25. The molecule has 0 aliphatic rings. The van der Waals surface area contributed by atoms with Gasteiger partial charge in [-0.3, -0.25) is 18.8 Å². The number of hydrogen-bond donors (Lipinski definition) is 5. The monoisotopic (exact) mass is 305 g/mol. The van der Waals surface area contributed by atoms with E-state index >= 15 is 0 Å². The molecule has 0 heterocycles. The third kappa shape index (κ3) is 7.23. The molecule has 0 bridgehead atoms. The summed E-state index contributed by atoms with van der Waals surface area (Å²) in [5, 5.41) is 8.96. The molecule has 0 aliphatic carbocycles. The van der Waals surface area contributed by atoms with Gasteiger partial charge in [-0.25, -0.2) is 0 Å². The normalized spacial score (nSPS) is 15.1. The van der Waals surface area contributed by atoms with E-state index < -0.39 is 45.7 Å². The average molecular weight is 305 g/mol. The maximum Gasteiger partial charge on any atom is 0.339 e. The molecule has 1 atom stereocenters. The molecule has 18 heavy (non-hydrogen) atoms. The van der Waals surface area contributed by atoms with Gasteiger partial charge in [0.05, 0.1) is 0 Å². The van der Waals surface area contributed by atoms with Crippen LogP contribution < -0.4 is 0 Å². The lowest BCUT2D eigenvalue weighted by atomic mass is 10.0. The van der Waals surface area contributed by atoms with E-state index in [0.29, 0.717) is 4.90 Å². The summed E-state index contributed by atoms with van der Waals surface area (Å²) in [7, 11) is -9.24. The molecule has 11 heteroatoms. The first-order valence-corrected chi connectivity index (χ1v) is 8.49. The Morgan fingerprint density at radius 3 is 1.56 bits per heavy atom. The van der Waals surface area contributed by atoms with Gasteiger partial charge in [0.25, 0.3) is 0 Å². The molecule has 0 rings (SSSR count). The highest BCUT2D eigenvalue weighted by atomic mass is 31.2. The molecule has 0 aromatic rings. The molecule has 0 spiro atoms. The van der Waals surface area contributed by atoms with Crippen molar-refractivity contribution in [1.29, 1.82) is 0 Å². The van der Waals surface area contributed by atoms with E-state index in [0.717, 1.165) is 0 Å². The fourth-order valence-corrected chi connectivity index (χ4v) is 3.21. The predicted molar refractivity (Wildman–Crippen MR) is 61.9 cm³/mol. The van der Waals surface area contributed by atoms with Crippen LogP contribution in [-0.2, 0) is 13.9 Å². The molecule has 0 amide bonds. The summed E-state index contributed by atoms with van der Waals surface area (Å²) in [6.45, 7) is 2.95. The Balaban J connectivity index is 5.23. The number of carbonyl (C=O) groups is 1. The fourth-order valence-electron chi connectivity index (χ4n) is 1.56. The van der Waals surface area contributed by atoms with Crippen molar-refractivity contribution >= 4 is 21.2 Å². The van der Waals surface area contributed by atoms with Crippen LogP contribution in [-0.4, -0.2) is 54.2 Å². The molecular formula is C7H17NO8P2. The Kier molecular flexibility index (Phi) is 6.16. The largest absolute Gasteiger partial charge is 0.480 e. The first-order chi connectivity index (χ1) is 7.83. The predicted octanol–water partition coefficient (Wildman–Crippen LogP) is -0.332. The number of rotatable bonds is 7. The van der Waals surface area contributed by atoms with Gasteiger partial charge in [-0.05, 0) is 5.92 Å². The molecule has 5 N–H and O–H groups in total. The van der Waals surface area contributed by atoms with Crippen molar-refractivity contribution in [3.8, 4) is 0 Å². The zero-order chi connectivity index (χ0) is 14.7. The molecule has 0 saturated carbocycles. The van der Waals surface area contributed by atoms with Crippen molar-refractivity contribution in [1.82, 2.24) is 4.90 Å². The van der Waals surface area contributed by atoms with Crippen LogP contribution in [0.25, 0.3) is 0 Å². The molecule has 0 fully saturated rings. The standard InChI is InChI=1S/C7H17NO8P2/c1-5(2)6(7(9)10)8(3-17(11,12)13)4-18(14,15)16/h5-6H,3-4H2,1-2H3,(H,9,10)(H2,11,12,13)(H2,14,15,16)/t6-/m0/s1. The highest BCUT2D eigenvalue weighted by Gasteiger charge is 2.36. The van der Waals surface area contributed by atoms with Crippen LogP contribution in [0.4, 0.5) is 0 Å². The molecular weight excluding hydrogens is 288 g/mol. The molecule has 108 valence electrons. The Hall–Kier alpha value is -0.270. The molecule has 9 nitrogen and oxygen atoms in total. The van der Waals surface area contributed by atoms with Gasteiger partial charge in [0.15, 0.2) is 0 Å². The Labute approximate surface area is 104 Å². The lowest BCUT2D eigenvalue weighted by Gasteiger charge is -2.31.